The molecule has 0 fully saturated rings. The van der Waals surface area contributed by atoms with Gasteiger partial charge in [-0.3, -0.25) is 0 Å². The summed E-state index contributed by atoms with van der Waals surface area (Å²) in [5, 5.41) is 7.37. The zero-order chi connectivity index (χ0) is 13.8. The summed E-state index contributed by atoms with van der Waals surface area (Å²) in [4.78, 5) is 16.4. The lowest BCUT2D eigenvalue weighted by Crippen LogP contribution is -2.40. The smallest absolute Gasteiger partial charge is 0.344 e. The van der Waals surface area contributed by atoms with Crippen molar-refractivity contribution in [3.63, 3.8) is 0 Å². The highest BCUT2D eigenvalue weighted by atomic mass is 19.4. The molecule has 1 aromatic heterocycles. The zero-order valence-corrected chi connectivity index (χ0v) is 9.71. The molecule has 0 saturated heterocycles. The summed E-state index contributed by atoms with van der Waals surface area (Å²) in [7, 11) is 3.39. The van der Waals surface area contributed by atoms with Crippen LogP contribution in [0.1, 0.15) is 5.89 Å². The van der Waals surface area contributed by atoms with Gasteiger partial charge in [-0.15, -0.1) is 0 Å². The van der Waals surface area contributed by atoms with E-state index in [1.807, 2.05) is 0 Å². The number of carbonyl (C=O) groups excluding carboxylic acids is 1. The lowest BCUT2D eigenvalue weighted by atomic mass is 10.6. The average molecular weight is 267 g/mol. The van der Waals surface area contributed by atoms with Crippen molar-refractivity contribution in [3.8, 4) is 0 Å². The molecule has 2 N–H and O–H groups in total. The molecule has 0 saturated carbocycles. The molecule has 10 heteroatoms. The Kier molecular flexibility index (Phi) is 4.34. The lowest BCUT2D eigenvalue weighted by molar-refractivity contribution is -0.122. The summed E-state index contributed by atoms with van der Waals surface area (Å²) in [6.45, 7) is -1.55. The first-order chi connectivity index (χ1) is 8.28. The Hall–Kier alpha value is -2.00. The summed E-state index contributed by atoms with van der Waals surface area (Å²) in [6, 6.07) is -0.961. The van der Waals surface area contributed by atoms with Crippen molar-refractivity contribution in [3.05, 3.63) is 5.89 Å². The van der Waals surface area contributed by atoms with E-state index in [0.717, 1.165) is 0 Å². The Morgan fingerprint density at radius 1 is 1.39 bits per heavy atom. The van der Waals surface area contributed by atoms with Gasteiger partial charge >= 0.3 is 12.2 Å². The van der Waals surface area contributed by atoms with Crippen molar-refractivity contribution in [2.45, 2.75) is 12.7 Å². The van der Waals surface area contributed by atoms with E-state index in [4.69, 9.17) is 4.52 Å². The molecular formula is C8H12F3N5O2. The Morgan fingerprint density at radius 3 is 2.56 bits per heavy atom. The zero-order valence-electron chi connectivity index (χ0n) is 9.71. The molecule has 7 nitrogen and oxygen atoms in total. The van der Waals surface area contributed by atoms with Gasteiger partial charge in [0.1, 0.15) is 6.54 Å². The van der Waals surface area contributed by atoms with E-state index in [2.05, 4.69) is 15.5 Å². The summed E-state index contributed by atoms with van der Waals surface area (Å²) in [5.41, 5.74) is 0. The fourth-order valence-electron chi connectivity index (χ4n) is 0.898. The highest BCUT2D eigenvalue weighted by Gasteiger charge is 2.27. The van der Waals surface area contributed by atoms with Gasteiger partial charge in [0.25, 0.3) is 5.95 Å². The van der Waals surface area contributed by atoms with E-state index in [9.17, 15) is 18.0 Å². The van der Waals surface area contributed by atoms with Crippen LogP contribution >= 0.6 is 0 Å². The Bertz CT molecular complexity index is 404. The molecule has 1 aromatic rings. The van der Waals surface area contributed by atoms with Gasteiger partial charge in [-0.1, -0.05) is 0 Å². The molecule has 1 rings (SSSR count). The summed E-state index contributed by atoms with van der Waals surface area (Å²) >= 11 is 0. The van der Waals surface area contributed by atoms with Crippen LogP contribution < -0.4 is 15.5 Å². The standard InChI is InChI=1S/C8H12F3N5O2/c1-16(2)6-14-5(18-15-6)3-12-7(17)13-4-8(9,10)11/h3-4H2,1-2H3,(H2,12,13,17). The van der Waals surface area contributed by atoms with Gasteiger partial charge in [0.2, 0.25) is 5.89 Å². The Labute approximate surface area is 100 Å². The first kappa shape index (κ1) is 14.1. The number of nitrogens with one attached hydrogen (secondary N) is 2. The van der Waals surface area contributed by atoms with Crippen molar-refractivity contribution in [2.75, 3.05) is 25.5 Å². The molecule has 1 heterocycles. The van der Waals surface area contributed by atoms with Crippen LogP contribution in [0.3, 0.4) is 0 Å². The van der Waals surface area contributed by atoms with Crippen molar-refractivity contribution in [2.24, 2.45) is 0 Å². The molecule has 0 aliphatic heterocycles. The summed E-state index contributed by atoms with van der Waals surface area (Å²) in [6.07, 6.45) is -4.44. The minimum Gasteiger partial charge on any atom is -0.344 e. The van der Waals surface area contributed by atoms with Gasteiger partial charge in [0.05, 0.1) is 6.54 Å². The van der Waals surface area contributed by atoms with Crippen LogP contribution in [0.4, 0.5) is 23.9 Å². The quantitative estimate of drug-likeness (QED) is 0.829. The second-order valence-corrected chi connectivity index (χ2v) is 3.53. The number of hydrogen-bond acceptors (Lipinski definition) is 5. The maximum Gasteiger partial charge on any atom is 0.405 e. The molecule has 0 unspecified atom stereocenters. The molecule has 0 atom stereocenters. The number of aromatic nitrogens is 2. The number of amides is 2. The summed E-state index contributed by atoms with van der Waals surface area (Å²) in [5.74, 6) is 0.406. The van der Waals surface area contributed by atoms with E-state index in [1.54, 1.807) is 24.3 Å². The van der Waals surface area contributed by atoms with Crippen LogP contribution in [0.15, 0.2) is 4.52 Å². The maximum absolute atomic E-state index is 11.8. The lowest BCUT2D eigenvalue weighted by Gasteiger charge is -2.08. The van der Waals surface area contributed by atoms with E-state index in [0.29, 0.717) is 5.95 Å². The third-order valence-electron chi connectivity index (χ3n) is 1.71. The molecule has 0 spiro atoms. The topological polar surface area (TPSA) is 83.3 Å². The fraction of sp³-hybridized carbons (Fsp3) is 0.625. The fourth-order valence-corrected chi connectivity index (χ4v) is 0.898. The molecule has 0 radical (unpaired) electrons. The van der Waals surface area contributed by atoms with E-state index >= 15 is 0 Å². The number of alkyl halides is 3. The highest BCUT2D eigenvalue weighted by molar-refractivity contribution is 5.73. The maximum atomic E-state index is 11.8. The molecule has 102 valence electrons. The van der Waals surface area contributed by atoms with Gasteiger partial charge in [-0.2, -0.15) is 18.2 Å². The van der Waals surface area contributed by atoms with Crippen molar-refractivity contribution >= 4 is 12.0 Å². The van der Waals surface area contributed by atoms with Crippen molar-refractivity contribution in [1.29, 1.82) is 0 Å². The molecular weight excluding hydrogens is 255 g/mol. The number of hydrogen-bond donors (Lipinski definition) is 2. The predicted molar refractivity (Wildman–Crippen MR) is 54.9 cm³/mol. The van der Waals surface area contributed by atoms with Crippen LogP contribution in [-0.2, 0) is 6.54 Å². The highest BCUT2D eigenvalue weighted by Crippen LogP contribution is 2.12. The molecule has 0 aliphatic rings. The van der Waals surface area contributed by atoms with E-state index < -0.39 is 18.8 Å². The number of nitrogens with zero attached hydrogens (tertiary/aromatic N) is 3. The van der Waals surface area contributed by atoms with Gasteiger partial charge in [-0.25, -0.2) is 4.79 Å². The SMILES string of the molecule is CN(C)c1noc(CNC(=O)NCC(F)(F)F)n1. The van der Waals surface area contributed by atoms with E-state index in [-0.39, 0.29) is 12.4 Å². The predicted octanol–water partition coefficient (Wildman–Crippen LogP) is 0.497. The minimum absolute atomic E-state index is 0.0980. The Balaban J connectivity index is 2.33. The van der Waals surface area contributed by atoms with Gasteiger partial charge in [0.15, 0.2) is 0 Å². The third-order valence-corrected chi connectivity index (χ3v) is 1.71. The number of urea groups is 1. The van der Waals surface area contributed by atoms with Crippen LogP contribution in [-0.4, -0.2) is 43.0 Å². The van der Waals surface area contributed by atoms with Crippen LogP contribution in [0.25, 0.3) is 0 Å². The first-order valence-electron chi connectivity index (χ1n) is 4.86. The normalized spacial score (nSPS) is 11.2. The largest absolute Gasteiger partial charge is 0.405 e. The van der Waals surface area contributed by atoms with Crippen molar-refractivity contribution in [1.82, 2.24) is 20.8 Å². The molecule has 0 aromatic carbocycles. The molecule has 2 amide bonds. The number of carbonyl (C=O) groups is 1. The first-order valence-corrected chi connectivity index (χ1v) is 4.86. The number of halogens is 3. The average Bonchev–Trinajstić information content (AvgIpc) is 2.71. The molecule has 0 aliphatic carbocycles. The molecule has 0 bridgehead atoms. The van der Waals surface area contributed by atoms with Gasteiger partial charge in [-0.05, 0) is 5.16 Å². The van der Waals surface area contributed by atoms with Crippen LogP contribution in [0.2, 0.25) is 0 Å². The second-order valence-electron chi connectivity index (χ2n) is 3.53. The monoisotopic (exact) mass is 267 g/mol. The number of anilines is 1. The summed E-state index contributed by atoms with van der Waals surface area (Å²) < 4.78 is 40.1. The van der Waals surface area contributed by atoms with Crippen LogP contribution in [0.5, 0.6) is 0 Å². The number of rotatable bonds is 4. The van der Waals surface area contributed by atoms with Gasteiger partial charge < -0.3 is 20.1 Å². The Morgan fingerprint density at radius 2 is 2.06 bits per heavy atom. The minimum atomic E-state index is -4.44. The van der Waals surface area contributed by atoms with Gasteiger partial charge in [0, 0.05) is 14.1 Å². The third kappa shape index (κ3) is 4.89. The molecule has 18 heavy (non-hydrogen) atoms. The van der Waals surface area contributed by atoms with Crippen molar-refractivity contribution < 1.29 is 22.5 Å². The second kappa shape index (κ2) is 5.56. The van der Waals surface area contributed by atoms with E-state index in [1.165, 1.54) is 0 Å². The van der Waals surface area contributed by atoms with Crippen LogP contribution in [0, 0.1) is 0 Å².